The largest absolute Gasteiger partial charge is 0.308 e. The van der Waals surface area contributed by atoms with Gasteiger partial charge in [0.05, 0.1) is 27.5 Å². The first-order chi connectivity index (χ1) is 29.6. The van der Waals surface area contributed by atoms with Gasteiger partial charge in [-0.2, -0.15) is 9.13 Å². The molecule has 0 radical (unpaired) electrons. The van der Waals surface area contributed by atoms with Crippen LogP contribution in [0.15, 0.2) is 171 Å². The maximum atomic E-state index is 5.16. The Morgan fingerprint density at radius 1 is 0.600 bits per heavy atom. The van der Waals surface area contributed by atoms with E-state index in [9.17, 15) is 0 Å². The van der Waals surface area contributed by atoms with Crippen molar-refractivity contribution in [1.82, 2.24) is 4.40 Å². The van der Waals surface area contributed by atoms with E-state index in [1.807, 2.05) is 11.3 Å². The summed E-state index contributed by atoms with van der Waals surface area (Å²) in [5, 5.41) is 8.02. The van der Waals surface area contributed by atoms with Crippen LogP contribution in [0.5, 0.6) is 0 Å². The summed E-state index contributed by atoms with van der Waals surface area (Å²) in [5.41, 5.74) is 14.7. The summed E-state index contributed by atoms with van der Waals surface area (Å²) in [6, 6.07) is 57.3. The van der Waals surface area contributed by atoms with Gasteiger partial charge >= 0.3 is 0 Å². The molecule has 5 aromatic heterocycles. The van der Waals surface area contributed by atoms with Crippen molar-refractivity contribution in [2.75, 3.05) is 0 Å². The zero-order valence-electron chi connectivity index (χ0n) is 33.9. The fraction of sp³-hybridized carbons (Fsp3) is 0.143. The van der Waals surface area contributed by atoms with Crippen LogP contribution in [0.1, 0.15) is 44.2 Å². The predicted octanol–water partition coefficient (Wildman–Crippen LogP) is 13.7. The minimum atomic E-state index is -0.454. The third kappa shape index (κ3) is 4.14. The van der Waals surface area contributed by atoms with Crippen molar-refractivity contribution >= 4 is 75.3 Å². The lowest BCUT2D eigenvalue weighted by molar-refractivity contribution is -0.774. The van der Waals surface area contributed by atoms with E-state index in [2.05, 4.69) is 191 Å². The van der Waals surface area contributed by atoms with E-state index in [0.717, 1.165) is 31.4 Å². The fourth-order valence-corrected chi connectivity index (χ4v) is 13.4. The molecule has 60 heavy (non-hydrogen) atoms. The monoisotopic (exact) mass is 789 g/mol. The molecule has 0 bridgehead atoms. The zero-order chi connectivity index (χ0) is 39.9. The van der Waals surface area contributed by atoms with Gasteiger partial charge in [-0.15, -0.1) is 11.3 Å². The number of hydrogen-bond donors (Lipinski definition) is 0. The summed E-state index contributed by atoms with van der Waals surface area (Å²) in [4.78, 5) is 0. The first kappa shape index (κ1) is 34.3. The predicted molar refractivity (Wildman–Crippen MR) is 251 cm³/mol. The SMILES string of the molecule is C=C1[n+]2ccccc2-c2ccccc2CCC2(CC)c3cc4c(cc3-c3cccc[n+]3C12CC)c1cc(-c2ccccc2)cc2c3c5c(ccc3n4c12)sc1ccccc15. The third-order valence-electron chi connectivity index (χ3n) is 14.9. The summed E-state index contributed by atoms with van der Waals surface area (Å²) < 4.78 is 10.4. The highest BCUT2D eigenvalue weighted by atomic mass is 32.1. The molecular formula is C56H43N3S+2. The average molecular weight is 790 g/mol. The Bertz CT molecular complexity index is 3610. The number of aryl methyl sites for hydroxylation is 1. The van der Waals surface area contributed by atoms with Crippen LogP contribution in [-0.4, -0.2) is 4.40 Å². The minimum absolute atomic E-state index is 0.289. The molecule has 13 rings (SSSR count). The normalized spacial score (nSPS) is 18.7. The third-order valence-corrected chi connectivity index (χ3v) is 16.0. The number of benzene rings is 6. The number of pyridine rings is 2. The molecule has 0 fully saturated rings. The Morgan fingerprint density at radius 3 is 2.23 bits per heavy atom. The Morgan fingerprint density at radius 2 is 1.37 bits per heavy atom. The van der Waals surface area contributed by atoms with Gasteiger partial charge in [0.15, 0.2) is 12.4 Å². The maximum absolute atomic E-state index is 5.16. The highest BCUT2D eigenvalue weighted by Gasteiger charge is 2.67. The van der Waals surface area contributed by atoms with Gasteiger partial charge in [-0.1, -0.05) is 80.6 Å². The molecule has 4 heteroatoms. The summed E-state index contributed by atoms with van der Waals surface area (Å²) in [6.07, 6.45) is 8.41. The molecule has 2 aliphatic rings. The van der Waals surface area contributed by atoms with E-state index >= 15 is 0 Å². The van der Waals surface area contributed by atoms with Gasteiger partial charge in [-0.3, -0.25) is 0 Å². The van der Waals surface area contributed by atoms with Crippen LogP contribution in [0.3, 0.4) is 0 Å². The maximum Gasteiger partial charge on any atom is 0.260 e. The lowest BCUT2D eigenvalue weighted by atomic mass is 9.55. The topological polar surface area (TPSA) is 12.2 Å². The number of rotatable bonds is 3. The molecule has 0 saturated heterocycles. The molecule has 6 aromatic carbocycles. The van der Waals surface area contributed by atoms with Crippen LogP contribution in [0.2, 0.25) is 0 Å². The molecule has 7 heterocycles. The summed E-state index contributed by atoms with van der Waals surface area (Å²) in [5.74, 6) is 0. The summed E-state index contributed by atoms with van der Waals surface area (Å²) in [7, 11) is 0. The van der Waals surface area contributed by atoms with Gasteiger partial charge in [0.25, 0.3) is 11.2 Å². The molecule has 0 N–H and O–H groups in total. The van der Waals surface area contributed by atoms with Crippen molar-refractivity contribution in [2.45, 2.75) is 50.5 Å². The Hall–Kier alpha value is -6.62. The van der Waals surface area contributed by atoms with Crippen LogP contribution < -0.4 is 9.13 Å². The van der Waals surface area contributed by atoms with E-state index in [1.165, 1.54) is 103 Å². The van der Waals surface area contributed by atoms with Crippen LogP contribution in [0.25, 0.3) is 97.6 Å². The van der Waals surface area contributed by atoms with Gasteiger partial charge in [0, 0.05) is 78.0 Å². The smallest absolute Gasteiger partial charge is 0.260 e. The molecule has 3 nitrogen and oxygen atoms in total. The first-order valence-electron chi connectivity index (χ1n) is 21.5. The van der Waals surface area contributed by atoms with E-state index in [1.54, 1.807) is 0 Å². The fourth-order valence-electron chi connectivity index (χ4n) is 12.3. The molecule has 2 unspecified atom stereocenters. The number of aromatic nitrogens is 3. The number of thiophene rings is 1. The molecule has 0 spiro atoms. The molecule has 11 aromatic rings. The molecular weight excluding hydrogens is 747 g/mol. The average Bonchev–Trinajstić information content (AvgIpc) is 3.97. The molecule has 286 valence electrons. The first-order valence-corrected chi connectivity index (χ1v) is 22.4. The molecule has 0 aliphatic carbocycles. The van der Waals surface area contributed by atoms with E-state index in [-0.39, 0.29) is 5.41 Å². The number of allylic oxidation sites excluding steroid dienone is 1. The second-order valence-electron chi connectivity index (χ2n) is 17.1. The standard InChI is InChI=1S/C56H43N3S/c1-4-55-28-27-37-19-9-10-20-39(37)46-22-13-15-29-57(46)35(3)56(55,5-2)58-30-16-14-23-47(58)43-33-41-42-31-38(36-17-7-6-8-18-36)32-44-52-48(59(54(42)44)49(41)34-45(43)55)25-26-51-53(52)40-21-11-12-24-50(40)60-51/h6-26,29-34H,3-5,27-28H2,1-2H3/q+2. The highest BCUT2D eigenvalue weighted by molar-refractivity contribution is 7.26. The van der Waals surface area contributed by atoms with Crippen LogP contribution in [-0.2, 0) is 17.4 Å². The second kappa shape index (κ2) is 12.2. The Labute approximate surface area is 353 Å². The molecule has 0 amide bonds. The van der Waals surface area contributed by atoms with Gasteiger partial charge in [-0.05, 0) is 109 Å². The van der Waals surface area contributed by atoms with Crippen molar-refractivity contribution < 1.29 is 9.13 Å². The van der Waals surface area contributed by atoms with E-state index < -0.39 is 5.54 Å². The molecule has 2 atom stereocenters. The van der Waals surface area contributed by atoms with E-state index in [4.69, 9.17) is 6.58 Å². The lowest BCUT2D eigenvalue weighted by Gasteiger charge is -2.48. The van der Waals surface area contributed by atoms with Gasteiger partial charge in [0.1, 0.15) is 0 Å². The van der Waals surface area contributed by atoms with Crippen molar-refractivity contribution in [2.24, 2.45) is 0 Å². The lowest BCUT2D eigenvalue weighted by Crippen LogP contribution is -2.73. The zero-order valence-corrected chi connectivity index (χ0v) is 34.7. The van der Waals surface area contributed by atoms with Gasteiger partial charge in [-0.25, -0.2) is 0 Å². The minimum Gasteiger partial charge on any atom is -0.308 e. The van der Waals surface area contributed by atoms with Crippen LogP contribution >= 0.6 is 11.3 Å². The number of fused-ring (bicyclic) bond motifs is 19. The Balaban J connectivity index is 1.21. The van der Waals surface area contributed by atoms with Crippen molar-refractivity contribution in [1.29, 1.82) is 0 Å². The number of hydrogen-bond acceptors (Lipinski definition) is 1. The van der Waals surface area contributed by atoms with Crippen molar-refractivity contribution in [3.8, 4) is 33.6 Å². The molecule has 2 aliphatic heterocycles. The van der Waals surface area contributed by atoms with Gasteiger partial charge in [0.2, 0.25) is 11.4 Å². The van der Waals surface area contributed by atoms with Crippen LogP contribution in [0, 0.1) is 0 Å². The van der Waals surface area contributed by atoms with Crippen molar-refractivity contribution in [3.05, 3.63) is 182 Å². The van der Waals surface area contributed by atoms with Crippen LogP contribution in [0.4, 0.5) is 0 Å². The van der Waals surface area contributed by atoms with E-state index in [0.29, 0.717) is 0 Å². The molecule has 0 saturated carbocycles. The summed E-state index contributed by atoms with van der Waals surface area (Å²) >= 11 is 1.91. The van der Waals surface area contributed by atoms with Crippen molar-refractivity contribution in [3.63, 3.8) is 0 Å². The van der Waals surface area contributed by atoms with Gasteiger partial charge < -0.3 is 4.40 Å². The Kier molecular flexibility index (Phi) is 6.98. The second-order valence-corrected chi connectivity index (χ2v) is 18.2. The quantitative estimate of drug-likeness (QED) is 0.158. The highest BCUT2D eigenvalue weighted by Crippen LogP contribution is 2.58. The summed E-state index contributed by atoms with van der Waals surface area (Å²) in [6.45, 7) is 9.99. The number of nitrogens with zero attached hydrogens (tertiary/aromatic N) is 3.